The number of carbonyl (C=O) groups is 1. The molecule has 0 heterocycles. The molecular formula is C12H16ClN3OS. The topological polar surface area (TPSA) is 67.2 Å². The van der Waals surface area contributed by atoms with Gasteiger partial charge in [0.2, 0.25) is 0 Å². The van der Waals surface area contributed by atoms with Crippen molar-refractivity contribution in [1.82, 2.24) is 5.32 Å². The minimum atomic E-state index is -0.147. The van der Waals surface area contributed by atoms with Crippen LogP contribution in [0.15, 0.2) is 18.2 Å². The SMILES string of the molecule is CSC1(CNC(=O)c2cc(Cl)ccc2NN)CC1. The van der Waals surface area contributed by atoms with Gasteiger partial charge < -0.3 is 10.7 Å². The first-order chi connectivity index (χ1) is 8.60. The molecule has 98 valence electrons. The van der Waals surface area contributed by atoms with Crippen LogP contribution in [-0.2, 0) is 0 Å². The molecule has 2 rings (SSSR count). The van der Waals surface area contributed by atoms with E-state index in [4.69, 9.17) is 17.4 Å². The zero-order valence-electron chi connectivity index (χ0n) is 10.1. The number of anilines is 1. The summed E-state index contributed by atoms with van der Waals surface area (Å²) < 4.78 is 0.241. The van der Waals surface area contributed by atoms with Gasteiger partial charge in [-0.2, -0.15) is 11.8 Å². The first-order valence-electron chi connectivity index (χ1n) is 5.70. The molecule has 18 heavy (non-hydrogen) atoms. The summed E-state index contributed by atoms with van der Waals surface area (Å²) in [5.74, 6) is 5.23. The summed E-state index contributed by atoms with van der Waals surface area (Å²) in [5.41, 5.74) is 3.55. The largest absolute Gasteiger partial charge is 0.351 e. The van der Waals surface area contributed by atoms with Crippen LogP contribution in [0.2, 0.25) is 5.02 Å². The van der Waals surface area contributed by atoms with Crippen molar-refractivity contribution < 1.29 is 4.79 Å². The zero-order valence-corrected chi connectivity index (χ0v) is 11.7. The lowest BCUT2D eigenvalue weighted by molar-refractivity contribution is 0.0954. The summed E-state index contributed by atoms with van der Waals surface area (Å²) in [6, 6.07) is 5.00. The molecule has 0 atom stereocenters. The Kier molecular flexibility index (Phi) is 4.04. The predicted octanol–water partition coefficient (Wildman–Crippen LogP) is 2.25. The summed E-state index contributed by atoms with van der Waals surface area (Å²) in [6.45, 7) is 0.684. The van der Waals surface area contributed by atoms with Crippen molar-refractivity contribution in [3.8, 4) is 0 Å². The Bertz CT molecular complexity index is 463. The number of hydrazine groups is 1. The number of hydrogen-bond acceptors (Lipinski definition) is 4. The monoisotopic (exact) mass is 285 g/mol. The average molecular weight is 286 g/mol. The van der Waals surface area contributed by atoms with Crippen LogP contribution in [0.3, 0.4) is 0 Å². The summed E-state index contributed by atoms with van der Waals surface area (Å²) >= 11 is 7.70. The maximum atomic E-state index is 12.1. The van der Waals surface area contributed by atoms with Gasteiger partial charge >= 0.3 is 0 Å². The summed E-state index contributed by atoms with van der Waals surface area (Å²) in [5, 5.41) is 3.46. The Balaban J connectivity index is 2.06. The molecule has 4 N–H and O–H groups in total. The highest BCUT2D eigenvalue weighted by atomic mass is 35.5. The van der Waals surface area contributed by atoms with Crippen LogP contribution in [0.25, 0.3) is 0 Å². The molecule has 0 bridgehead atoms. The van der Waals surface area contributed by atoms with E-state index in [2.05, 4.69) is 17.0 Å². The van der Waals surface area contributed by atoms with Gasteiger partial charge in [-0.05, 0) is 37.3 Å². The molecule has 1 aromatic rings. The Morgan fingerprint density at radius 1 is 1.56 bits per heavy atom. The number of hydrogen-bond donors (Lipinski definition) is 3. The van der Waals surface area contributed by atoms with Gasteiger partial charge in [0.15, 0.2) is 0 Å². The highest BCUT2D eigenvalue weighted by Gasteiger charge is 2.42. The summed E-state index contributed by atoms with van der Waals surface area (Å²) in [4.78, 5) is 12.1. The van der Waals surface area contributed by atoms with Crippen molar-refractivity contribution in [2.24, 2.45) is 5.84 Å². The quantitative estimate of drug-likeness (QED) is 0.573. The molecule has 6 heteroatoms. The van der Waals surface area contributed by atoms with E-state index in [9.17, 15) is 4.79 Å². The van der Waals surface area contributed by atoms with Crippen LogP contribution < -0.4 is 16.6 Å². The third-order valence-electron chi connectivity index (χ3n) is 3.19. The highest BCUT2D eigenvalue weighted by molar-refractivity contribution is 8.00. The fraction of sp³-hybridized carbons (Fsp3) is 0.417. The molecule has 1 aliphatic carbocycles. The van der Waals surface area contributed by atoms with Crippen molar-refractivity contribution in [3.63, 3.8) is 0 Å². The number of nitrogens with two attached hydrogens (primary N) is 1. The smallest absolute Gasteiger partial charge is 0.253 e. The predicted molar refractivity (Wildman–Crippen MR) is 77.1 cm³/mol. The second-order valence-electron chi connectivity index (χ2n) is 4.40. The number of carbonyl (C=O) groups excluding carboxylic acids is 1. The van der Waals surface area contributed by atoms with E-state index in [0.29, 0.717) is 22.8 Å². The van der Waals surface area contributed by atoms with Crippen molar-refractivity contribution >= 4 is 35.0 Å². The lowest BCUT2D eigenvalue weighted by atomic mass is 10.1. The van der Waals surface area contributed by atoms with E-state index in [1.54, 1.807) is 18.2 Å². The number of rotatable bonds is 5. The van der Waals surface area contributed by atoms with Crippen LogP contribution in [0.5, 0.6) is 0 Å². The molecule has 0 aromatic heterocycles. The van der Waals surface area contributed by atoms with Gasteiger partial charge in [-0.1, -0.05) is 11.6 Å². The standard InChI is InChI=1S/C12H16ClN3OS/c1-18-12(4-5-12)7-15-11(17)9-6-8(13)2-3-10(9)16-14/h2-3,6,16H,4-5,7,14H2,1H3,(H,15,17). The summed E-state index contributed by atoms with van der Waals surface area (Å²) in [7, 11) is 0. The normalized spacial score (nSPS) is 16.2. The lowest BCUT2D eigenvalue weighted by Gasteiger charge is -2.14. The maximum absolute atomic E-state index is 12.1. The number of nitrogen functional groups attached to an aromatic ring is 1. The number of thioether (sulfide) groups is 1. The van der Waals surface area contributed by atoms with Gasteiger partial charge in [0.1, 0.15) is 0 Å². The van der Waals surface area contributed by atoms with Gasteiger partial charge in [-0.25, -0.2) is 0 Å². The van der Waals surface area contributed by atoms with E-state index in [1.165, 1.54) is 0 Å². The molecular weight excluding hydrogens is 270 g/mol. The van der Waals surface area contributed by atoms with Crippen molar-refractivity contribution in [2.75, 3.05) is 18.2 Å². The fourth-order valence-corrected chi connectivity index (χ4v) is 2.66. The number of nitrogens with one attached hydrogen (secondary N) is 2. The molecule has 1 fully saturated rings. The van der Waals surface area contributed by atoms with Gasteiger partial charge in [0, 0.05) is 16.3 Å². The van der Waals surface area contributed by atoms with Gasteiger partial charge in [0.05, 0.1) is 11.3 Å². The second-order valence-corrected chi connectivity index (χ2v) is 6.11. The van der Waals surface area contributed by atoms with E-state index in [0.717, 1.165) is 12.8 Å². The Labute approximate surface area is 116 Å². The van der Waals surface area contributed by atoms with Crippen LogP contribution in [0, 0.1) is 0 Å². The van der Waals surface area contributed by atoms with Crippen LogP contribution in [0.4, 0.5) is 5.69 Å². The first-order valence-corrected chi connectivity index (χ1v) is 7.30. The molecule has 0 unspecified atom stereocenters. The van der Waals surface area contributed by atoms with Gasteiger partial charge in [-0.3, -0.25) is 10.6 Å². The molecule has 1 amide bonds. The number of benzene rings is 1. The van der Waals surface area contributed by atoms with Crippen LogP contribution in [0.1, 0.15) is 23.2 Å². The molecule has 4 nitrogen and oxygen atoms in total. The fourth-order valence-electron chi connectivity index (χ4n) is 1.76. The second kappa shape index (κ2) is 5.38. The third kappa shape index (κ3) is 2.91. The molecule has 1 saturated carbocycles. The summed E-state index contributed by atoms with van der Waals surface area (Å²) in [6.07, 6.45) is 4.39. The minimum absolute atomic E-state index is 0.147. The third-order valence-corrected chi connectivity index (χ3v) is 4.85. The van der Waals surface area contributed by atoms with E-state index in [1.807, 2.05) is 11.8 Å². The van der Waals surface area contributed by atoms with Crippen molar-refractivity contribution in [2.45, 2.75) is 17.6 Å². The van der Waals surface area contributed by atoms with E-state index < -0.39 is 0 Å². The van der Waals surface area contributed by atoms with Gasteiger partial charge in [-0.15, -0.1) is 0 Å². The average Bonchev–Trinajstić information content (AvgIpc) is 3.16. The van der Waals surface area contributed by atoms with Crippen molar-refractivity contribution in [3.05, 3.63) is 28.8 Å². The van der Waals surface area contributed by atoms with Crippen LogP contribution >= 0.6 is 23.4 Å². The van der Waals surface area contributed by atoms with Crippen LogP contribution in [-0.4, -0.2) is 23.5 Å². The minimum Gasteiger partial charge on any atom is -0.351 e. The molecule has 0 aliphatic heterocycles. The number of halogens is 1. The molecule has 0 saturated heterocycles. The zero-order chi connectivity index (χ0) is 13.2. The van der Waals surface area contributed by atoms with E-state index in [-0.39, 0.29) is 10.7 Å². The van der Waals surface area contributed by atoms with Gasteiger partial charge in [0.25, 0.3) is 5.91 Å². The number of amides is 1. The molecule has 1 aromatic carbocycles. The Morgan fingerprint density at radius 3 is 2.83 bits per heavy atom. The maximum Gasteiger partial charge on any atom is 0.253 e. The Morgan fingerprint density at radius 2 is 2.28 bits per heavy atom. The molecule has 0 spiro atoms. The molecule has 0 radical (unpaired) electrons. The first kappa shape index (κ1) is 13.5. The Hall–Kier alpha value is -0.910. The highest BCUT2D eigenvalue weighted by Crippen LogP contribution is 2.46. The van der Waals surface area contributed by atoms with Crippen molar-refractivity contribution in [1.29, 1.82) is 0 Å². The molecule has 1 aliphatic rings. The van der Waals surface area contributed by atoms with E-state index >= 15 is 0 Å². The lowest BCUT2D eigenvalue weighted by Crippen LogP contribution is -2.32.